The van der Waals surface area contributed by atoms with Crippen molar-refractivity contribution < 1.29 is 4.79 Å². The quantitative estimate of drug-likeness (QED) is 0.847. The molecule has 2 N–H and O–H groups in total. The molecule has 0 aliphatic carbocycles. The fourth-order valence-corrected chi connectivity index (χ4v) is 2.66. The summed E-state index contributed by atoms with van der Waals surface area (Å²) in [6.45, 7) is 3.58. The van der Waals surface area contributed by atoms with Gasteiger partial charge in [-0.3, -0.25) is 9.89 Å². The first-order valence-electron chi connectivity index (χ1n) is 6.67. The van der Waals surface area contributed by atoms with Gasteiger partial charge < -0.3 is 10.2 Å². The molecule has 0 aromatic carbocycles. The lowest BCUT2D eigenvalue weighted by Gasteiger charge is -2.37. The highest BCUT2D eigenvalue weighted by molar-refractivity contribution is 5.79. The van der Waals surface area contributed by atoms with Crippen LogP contribution in [0.2, 0.25) is 0 Å². The Morgan fingerprint density at radius 2 is 2.50 bits per heavy atom. The summed E-state index contributed by atoms with van der Waals surface area (Å²) in [5.74, 6) is 0.276. The van der Waals surface area contributed by atoms with Gasteiger partial charge >= 0.3 is 0 Å². The second-order valence-electron chi connectivity index (χ2n) is 5.03. The Morgan fingerprint density at radius 3 is 3.17 bits per heavy atom. The molecule has 5 nitrogen and oxygen atoms in total. The lowest BCUT2D eigenvalue weighted by molar-refractivity contribution is -0.138. The number of likely N-dealkylation sites (tertiary alicyclic amines) is 1. The van der Waals surface area contributed by atoms with Crippen molar-refractivity contribution in [3.8, 4) is 0 Å². The van der Waals surface area contributed by atoms with Gasteiger partial charge in [0.1, 0.15) is 0 Å². The predicted octanol–water partition coefficient (Wildman–Crippen LogP) is 1.32. The maximum absolute atomic E-state index is 12.4. The van der Waals surface area contributed by atoms with Crippen molar-refractivity contribution in [1.82, 2.24) is 20.4 Å². The second kappa shape index (κ2) is 6.00. The molecule has 2 atom stereocenters. The third-order valence-electron chi connectivity index (χ3n) is 3.62. The highest BCUT2D eigenvalue weighted by Crippen LogP contribution is 2.31. The predicted molar refractivity (Wildman–Crippen MR) is 70.0 cm³/mol. The van der Waals surface area contributed by atoms with Gasteiger partial charge in [0.15, 0.2) is 0 Å². The zero-order valence-corrected chi connectivity index (χ0v) is 11.1. The summed E-state index contributed by atoms with van der Waals surface area (Å²) in [6.07, 6.45) is 7.06. The molecule has 1 fully saturated rings. The summed E-state index contributed by atoms with van der Waals surface area (Å²) >= 11 is 0. The van der Waals surface area contributed by atoms with E-state index >= 15 is 0 Å². The summed E-state index contributed by atoms with van der Waals surface area (Å²) in [5.41, 5.74) is 1.12. The molecule has 5 heteroatoms. The number of nitrogens with zero attached hydrogens (tertiary/aromatic N) is 2. The minimum Gasteiger partial charge on any atom is -0.335 e. The molecule has 2 unspecified atom stereocenters. The number of carbonyl (C=O) groups is 1. The van der Waals surface area contributed by atoms with Crippen LogP contribution in [0.25, 0.3) is 0 Å². The molecular weight excluding hydrogens is 228 g/mol. The first kappa shape index (κ1) is 13.1. The number of hydrogen-bond acceptors (Lipinski definition) is 3. The molecule has 1 aliphatic heterocycles. The Balaban J connectivity index is 2.10. The Hall–Kier alpha value is -1.36. The van der Waals surface area contributed by atoms with Gasteiger partial charge in [-0.2, -0.15) is 5.10 Å². The third-order valence-corrected chi connectivity index (χ3v) is 3.62. The third kappa shape index (κ3) is 2.72. The van der Waals surface area contributed by atoms with E-state index in [1.165, 1.54) is 6.42 Å². The van der Waals surface area contributed by atoms with Crippen LogP contribution in [0.3, 0.4) is 0 Å². The molecule has 1 aliphatic rings. The Bertz CT molecular complexity index is 376. The number of rotatable bonds is 4. The number of piperidine rings is 1. The van der Waals surface area contributed by atoms with E-state index in [1.807, 2.05) is 31.3 Å². The topological polar surface area (TPSA) is 61.0 Å². The second-order valence-corrected chi connectivity index (χ2v) is 5.03. The maximum atomic E-state index is 12.4. The minimum atomic E-state index is 0.0301. The lowest BCUT2D eigenvalue weighted by Crippen LogP contribution is -2.43. The van der Waals surface area contributed by atoms with Gasteiger partial charge in [-0.25, -0.2) is 0 Å². The number of aromatic nitrogens is 2. The molecule has 18 heavy (non-hydrogen) atoms. The average Bonchev–Trinajstić information content (AvgIpc) is 2.92. The van der Waals surface area contributed by atoms with Crippen LogP contribution in [-0.2, 0) is 4.79 Å². The van der Waals surface area contributed by atoms with Crippen LogP contribution < -0.4 is 5.32 Å². The minimum absolute atomic E-state index is 0.0301. The smallest absolute Gasteiger partial charge is 0.227 e. The van der Waals surface area contributed by atoms with Gasteiger partial charge in [0.2, 0.25) is 5.91 Å². The van der Waals surface area contributed by atoms with E-state index in [0.717, 1.165) is 31.5 Å². The molecule has 1 aromatic rings. The monoisotopic (exact) mass is 250 g/mol. The SMILES string of the molecule is CNCC(C)C(=O)N1CCCCC1c1cn[nH]c1. The van der Waals surface area contributed by atoms with Crippen molar-refractivity contribution in [2.45, 2.75) is 32.2 Å². The Morgan fingerprint density at radius 1 is 1.67 bits per heavy atom. The fraction of sp³-hybridized carbons (Fsp3) is 0.692. The molecule has 2 rings (SSSR count). The molecular formula is C13H22N4O. The normalized spacial score (nSPS) is 21.9. The fourth-order valence-electron chi connectivity index (χ4n) is 2.66. The van der Waals surface area contributed by atoms with Crippen LogP contribution >= 0.6 is 0 Å². The zero-order valence-electron chi connectivity index (χ0n) is 11.1. The van der Waals surface area contributed by atoms with Crippen LogP contribution in [0, 0.1) is 5.92 Å². The van der Waals surface area contributed by atoms with Gasteiger partial charge in [-0.05, 0) is 26.3 Å². The zero-order chi connectivity index (χ0) is 13.0. The molecule has 0 spiro atoms. The van der Waals surface area contributed by atoms with Crippen molar-refractivity contribution in [2.75, 3.05) is 20.1 Å². The molecule has 100 valence electrons. The first-order chi connectivity index (χ1) is 8.74. The van der Waals surface area contributed by atoms with E-state index in [9.17, 15) is 4.79 Å². The van der Waals surface area contributed by atoms with Gasteiger partial charge in [0.25, 0.3) is 0 Å². The molecule has 0 saturated carbocycles. The lowest BCUT2D eigenvalue weighted by atomic mass is 9.95. The molecule has 0 radical (unpaired) electrons. The van der Waals surface area contributed by atoms with Crippen molar-refractivity contribution >= 4 is 5.91 Å². The van der Waals surface area contributed by atoms with E-state index in [0.29, 0.717) is 0 Å². The summed E-state index contributed by atoms with van der Waals surface area (Å²) in [4.78, 5) is 14.5. The van der Waals surface area contributed by atoms with Gasteiger partial charge in [0, 0.05) is 30.8 Å². The summed E-state index contributed by atoms with van der Waals surface area (Å²) in [6, 6.07) is 0.198. The van der Waals surface area contributed by atoms with E-state index in [-0.39, 0.29) is 17.9 Å². The molecule has 0 bridgehead atoms. The van der Waals surface area contributed by atoms with E-state index < -0.39 is 0 Å². The van der Waals surface area contributed by atoms with Crippen LogP contribution in [0.1, 0.15) is 37.8 Å². The van der Waals surface area contributed by atoms with Crippen molar-refractivity contribution in [1.29, 1.82) is 0 Å². The summed E-state index contributed by atoms with van der Waals surface area (Å²) in [5, 5.41) is 9.91. The van der Waals surface area contributed by atoms with Crippen LogP contribution in [-0.4, -0.2) is 41.1 Å². The number of aromatic amines is 1. The number of hydrogen-bond donors (Lipinski definition) is 2. The van der Waals surface area contributed by atoms with Crippen LogP contribution in [0.15, 0.2) is 12.4 Å². The molecule has 2 heterocycles. The Kier molecular flexibility index (Phi) is 4.36. The Labute approximate surface area is 108 Å². The van der Waals surface area contributed by atoms with Gasteiger partial charge in [-0.1, -0.05) is 6.92 Å². The van der Waals surface area contributed by atoms with Crippen molar-refractivity contribution in [2.24, 2.45) is 5.92 Å². The van der Waals surface area contributed by atoms with E-state index in [4.69, 9.17) is 0 Å². The van der Waals surface area contributed by atoms with Gasteiger partial charge in [-0.15, -0.1) is 0 Å². The standard InChI is InChI=1S/C13H22N4O/c1-10(7-14-2)13(18)17-6-4-3-5-12(17)11-8-15-16-9-11/h8-10,12,14H,3-7H2,1-2H3,(H,15,16). The molecule has 1 aromatic heterocycles. The molecule has 1 saturated heterocycles. The number of H-pyrrole nitrogens is 1. The average molecular weight is 250 g/mol. The number of nitrogens with one attached hydrogen (secondary N) is 2. The van der Waals surface area contributed by atoms with Crippen molar-refractivity contribution in [3.63, 3.8) is 0 Å². The van der Waals surface area contributed by atoms with Crippen LogP contribution in [0.5, 0.6) is 0 Å². The highest BCUT2D eigenvalue weighted by atomic mass is 16.2. The largest absolute Gasteiger partial charge is 0.335 e. The maximum Gasteiger partial charge on any atom is 0.227 e. The first-order valence-corrected chi connectivity index (χ1v) is 6.67. The van der Waals surface area contributed by atoms with E-state index in [2.05, 4.69) is 15.5 Å². The summed E-state index contributed by atoms with van der Waals surface area (Å²) < 4.78 is 0. The van der Waals surface area contributed by atoms with E-state index in [1.54, 1.807) is 0 Å². The van der Waals surface area contributed by atoms with Crippen LogP contribution in [0.4, 0.5) is 0 Å². The molecule has 1 amide bonds. The number of amides is 1. The summed E-state index contributed by atoms with van der Waals surface area (Å²) in [7, 11) is 1.88. The highest BCUT2D eigenvalue weighted by Gasteiger charge is 2.30. The number of carbonyl (C=O) groups excluding carboxylic acids is 1. The van der Waals surface area contributed by atoms with Crippen molar-refractivity contribution in [3.05, 3.63) is 18.0 Å². The van der Waals surface area contributed by atoms with Gasteiger partial charge in [0.05, 0.1) is 12.2 Å².